The van der Waals surface area contributed by atoms with Crippen molar-refractivity contribution in [1.82, 2.24) is 9.78 Å². The van der Waals surface area contributed by atoms with Crippen LogP contribution in [0.15, 0.2) is 42.7 Å². The summed E-state index contributed by atoms with van der Waals surface area (Å²) in [4.78, 5) is 10.3. The fourth-order valence-corrected chi connectivity index (χ4v) is 1.35. The molecule has 5 heteroatoms. The Morgan fingerprint density at radius 2 is 2.29 bits per heavy atom. The van der Waals surface area contributed by atoms with E-state index in [0.29, 0.717) is 11.3 Å². The molecule has 0 unspecified atom stereocenters. The highest BCUT2D eigenvalue weighted by atomic mass is 19.1. The van der Waals surface area contributed by atoms with Crippen LogP contribution in [0, 0.1) is 5.82 Å². The highest BCUT2D eigenvalue weighted by molar-refractivity contribution is 5.85. The van der Waals surface area contributed by atoms with Crippen LogP contribution in [0.2, 0.25) is 0 Å². The minimum Gasteiger partial charge on any atom is -0.478 e. The van der Waals surface area contributed by atoms with Gasteiger partial charge in [-0.1, -0.05) is 6.07 Å². The summed E-state index contributed by atoms with van der Waals surface area (Å²) in [6, 6.07) is 5.98. The Labute approximate surface area is 96.6 Å². The summed E-state index contributed by atoms with van der Waals surface area (Å²) in [5.41, 5.74) is 1.22. The topological polar surface area (TPSA) is 55.1 Å². The van der Waals surface area contributed by atoms with Crippen molar-refractivity contribution in [3.63, 3.8) is 0 Å². The monoisotopic (exact) mass is 232 g/mol. The Bertz CT molecular complexity index is 575. The molecule has 1 N–H and O–H groups in total. The van der Waals surface area contributed by atoms with Gasteiger partial charge in [-0.15, -0.1) is 0 Å². The van der Waals surface area contributed by atoms with E-state index in [9.17, 15) is 9.18 Å². The molecule has 2 aromatic rings. The lowest BCUT2D eigenvalue weighted by atomic mass is 10.3. The van der Waals surface area contributed by atoms with Crippen LogP contribution in [0.4, 0.5) is 4.39 Å². The van der Waals surface area contributed by atoms with E-state index in [1.807, 2.05) is 0 Å². The Balaban J connectivity index is 2.27. The predicted molar refractivity (Wildman–Crippen MR) is 60.2 cm³/mol. The molecule has 1 aromatic heterocycles. The third-order valence-corrected chi connectivity index (χ3v) is 2.09. The number of hydrogen-bond donors (Lipinski definition) is 1. The Hall–Kier alpha value is -2.43. The van der Waals surface area contributed by atoms with E-state index in [0.717, 1.165) is 6.08 Å². The molecule has 86 valence electrons. The first kappa shape index (κ1) is 11.1. The number of aliphatic carboxylic acids is 1. The summed E-state index contributed by atoms with van der Waals surface area (Å²) in [6.07, 6.45) is 5.57. The molecule has 0 aliphatic heterocycles. The first-order valence-corrected chi connectivity index (χ1v) is 4.87. The molecular weight excluding hydrogens is 223 g/mol. The second-order valence-corrected chi connectivity index (χ2v) is 3.37. The van der Waals surface area contributed by atoms with Crippen LogP contribution in [-0.2, 0) is 4.79 Å². The van der Waals surface area contributed by atoms with Gasteiger partial charge in [0.15, 0.2) is 0 Å². The second kappa shape index (κ2) is 4.61. The molecule has 0 amide bonds. The summed E-state index contributed by atoms with van der Waals surface area (Å²) >= 11 is 0. The summed E-state index contributed by atoms with van der Waals surface area (Å²) in [7, 11) is 0. The number of hydrogen-bond acceptors (Lipinski definition) is 2. The zero-order chi connectivity index (χ0) is 12.3. The fraction of sp³-hybridized carbons (Fsp3) is 0. The Kier molecular flexibility index (Phi) is 3.00. The van der Waals surface area contributed by atoms with Crippen LogP contribution in [0.3, 0.4) is 0 Å². The molecule has 0 spiro atoms. The van der Waals surface area contributed by atoms with Crippen LogP contribution >= 0.6 is 0 Å². The van der Waals surface area contributed by atoms with Gasteiger partial charge in [-0.25, -0.2) is 13.9 Å². The molecule has 0 fully saturated rings. The molecule has 0 aliphatic rings. The number of aromatic nitrogens is 2. The van der Waals surface area contributed by atoms with Gasteiger partial charge in [-0.2, -0.15) is 5.10 Å². The van der Waals surface area contributed by atoms with E-state index in [2.05, 4.69) is 5.10 Å². The maximum absolute atomic E-state index is 13.0. The Morgan fingerprint density at radius 1 is 1.47 bits per heavy atom. The van der Waals surface area contributed by atoms with Gasteiger partial charge in [-0.05, 0) is 24.3 Å². The van der Waals surface area contributed by atoms with Gasteiger partial charge in [0.2, 0.25) is 0 Å². The average molecular weight is 232 g/mol. The van der Waals surface area contributed by atoms with Gasteiger partial charge in [0.05, 0.1) is 11.9 Å². The number of nitrogens with zero attached hydrogens (tertiary/aromatic N) is 2. The molecule has 0 aliphatic carbocycles. The van der Waals surface area contributed by atoms with Gasteiger partial charge in [0.1, 0.15) is 5.82 Å². The molecule has 1 aromatic carbocycles. The number of halogens is 1. The third-order valence-electron chi connectivity index (χ3n) is 2.09. The lowest BCUT2D eigenvalue weighted by molar-refractivity contribution is -0.131. The van der Waals surface area contributed by atoms with Crippen LogP contribution < -0.4 is 0 Å². The van der Waals surface area contributed by atoms with Crippen molar-refractivity contribution in [3.8, 4) is 5.69 Å². The summed E-state index contributed by atoms with van der Waals surface area (Å²) < 4.78 is 14.5. The summed E-state index contributed by atoms with van der Waals surface area (Å²) in [5, 5.41) is 12.5. The molecule has 0 bridgehead atoms. The lowest BCUT2D eigenvalue weighted by Crippen LogP contribution is -1.94. The predicted octanol–water partition coefficient (Wildman–Crippen LogP) is 2.11. The molecule has 0 atom stereocenters. The third kappa shape index (κ3) is 2.78. The quantitative estimate of drug-likeness (QED) is 0.824. The van der Waals surface area contributed by atoms with E-state index in [-0.39, 0.29) is 5.82 Å². The average Bonchev–Trinajstić information content (AvgIpc) is 2.75. The van der Waals surface area contributed by atoms with E-state index in [1.54, 1.807) is 18.3 Å². The van der Waals surface area contributed by atoms with E-state index in [4.69, 9.17) is 5.11 Å². The van der Waals surface area contributed by atoms with Crippen LogP contribution in [0.25, 0.3) is 11.8 Å². The number of rotatable bonds is 3. The van der Waals surface area contributed by atoms with E-state index < -0.39 is 5.97 Å². The first-order chi connectivity index (χ1) is 8.15. The summed E-state index contributed by atoms with van der Waals surface area (Å²) in [6.45, 7) is 0. The van der Waals surface area contributed by atoms with Crippen molar-refractivity contribution in [3.05, 3.63) is 54.1 Å². The largest absolute Gasteiger partial charge is 0.478 e. The molecular formula is C12H9FN2O2. The smallest absolute Gasteiger partial charge is 0.328 e. The maximum atomic E-state index is 13.0. The summed E-state index contributed by atoms with van der Waals surface area (Å²) in [5.74, 6) is -1.37. The van der Waals surface area contributed by atoms with Gasteiger partial charge < -0.3 is 5.11 Å². The van der Waals surface area contributed by atoms with Crippen molar-refractivity contribution in [2.24, 2.45) is 0 Å². The SMILES string of the molecule is O=C(O)C=Cc1cnn(-c2cccc(F)c2)c1. The van der Waals surface area contributed by atoms with Gasteiger partial charge >= 0.3 is 5.97 Å². The molecule has 0 saturated heterocycles. The van der Waals surface area contributed by atoms with Crippen molar-refractivity contribution in [2.45, 2.75) is 0 Å². The molecule has 0 radical (unpaired) electrons. The zero-order valence-electron chi connectivity index (χ0n) is 8.75. The lowest BCUT2D eigenvalue weighted by Gasteiger charge is -1.99. The highest BCUT2D eigenvalue weighted by Crippen LogP contribution is 2.10. The van der Waals surface area contributed by atoms with Crippen molar-refractivity contribution >= 4 is 12.0 Å². The molecule has 1 heterocycles. The van der Waals surface area contributed by atoms with Crippen LogP contribution in [-0.4, -0.2) is 20.9 Å². The van der Waals surface area contributed by atoms with Crippen molar-refractivity contribution in [2.75, 3.05) is 0 Å². The number of carboxylic acid groups (broad SMARTS) is 1. The van der Waals surface area contributed by atoms with Crippen molar-refractivity contribution < 1.29 is 14.3 Å². The van der Waals surface area contributed by atoms with Gasteiger partial charge in [0.25, 0.3) is 0 Å². The minimum absolute atomic E-state index is 0.347. The Morgan fingerprint density at radius 3 is 3.00 bits per heavy atom. The van der Waals surface area contributed by atoms with Crippen molar-refractivity contribution in [1.29, 1.82) is 0 Å². The number of carboxylic acids is 1. The first-order valence-electron chi connectivity index (χ1n) is 4.87. The molecule has 4 nitrogen and oxygen atoms in total. The van der Waals surface area contributed by atoms with Gasteiger partial charge in [-0.3, -0.25) is 0 Å². The highest BCUT2D eigenvalue weighted by Gasteiger charge is 2.00. The molecule has 2 rings (SSSR count). The number of carbonyl (C=O) groups is 1. The van der Waals surface area contributed by atoms with Crippen LogP contribution in [0.5, 0.6) is 0 Å². The van der Waals surface area contributed by atoms with E-state index in [1.165, 1.54) is 29.1 Å². The fourth-order valence-electron chi connectivity index (χ4n) is 1.35. The molecule has 0 saturated carbocycles. The van der Waals surface area contributed by atoms with Crippen LogP contribution in [0.1, 0.15) is 5.56 Å². The van der Waals surface area contributed by atoms with Gasteiger partial charge in [0, 0.05) is 17.8 Å². The number of benzene rings is 1. The van der Waals surface area contributed by atoms with E-state index >= 15 is 0 Å². The standard InChI is InChI=1S/C12H9FN2O2/c13-10-2-1-3-11(6-10)15-8-9(7-14-15)4-5-12(16)17/h1-8H,(H,16,17). The molecule has 17 heavy (non-hydrogen) atoms. The normalized spacial score (nSPS) is 10.9. The maximum Gasteiger partial charge on any atom is 0.328 e. The minimum atomic E-state index is -1.02. The second-order valence-electron chi connectivity index (χ2n) is 3.37. The zero-order valence-corrected chi connectivity index (χ0v) is 8.75.